The molecule has 130 valence electrons. The maximum Gasteiger partial charge on any atom is -0.00805 e. The van der Waals surface area contributed by atoms with Gasteiger partial charge in [0.1, 0.15) is 0 Å². The molecule has 0 spiro atoms. The average molecular weight is 323 g/mol. The highest BCUT2D eigenvalue weighted by Gasteiger charge is 2.23. The van der Waals surface area contributed by atoms with Crippen LogP contribution in [-0.2, 0) is 10.8 Å². The molecule has 0 bridgehead atoms. The molecule has 2 rings (SSSR count). The third kappa shape index (κ3) is 3.58. The van der Waals surface area contributed by atoms with Gasteiger partial charge in [0.25, 0.3) is 0 Å². The monoisotopic (exact) mass is 322 g/mol. The van der Waals surface area contributed by atoms with Crippen molar-refractivity contribution in [1.29, 1.82) is 0 Å². The lowest BCUT2D eigenvalue weighted by molar-refractivity contribution is 0.439. The van der Waals surface area contributed by atoms with Gasteiger partial charge in [-0.15, -0.1) is 0 Å². The molecule has 0 heterocycles. The first kappa shape index (κ1) is 18.8. The molecule has 0 unspecified atom stereocenters. The summed E-state index contributed by atoms with van der Waals surface area (Å²) in [6.07, 6.45) is 4.74. The fourth-order valence-electron chi connectivity index (χ4n) is 3.45. The topological polar surface area (TPSA) is 0 Å². The van der Waals surface area contributed by atoms with Crippen LogP contribution >= 0.6 is 0 Å². The largest absolute Gasteiger partial charge is 0.0645 e. The second-order valence-electron chi connectivity index (χ2n) is 7.69. The van der Waals surface area contributed by atoms with Crippen LogP contribution in [0.3, 0.4) is 0 Å². The molecule has 2 aromatic carbocycles. The van der Waals surface area contributed by atoms with Crippen molar-refractivity contribution < 1.29 is 0 Å². The van der Waals surface area contributed by atoms with Crippen molar-refractivity contribution in [1.82, 2.24) is 0 Å². The molecule has 0 heteroatoms. The van der Waals surface area contributed by atoms with Crippen molar-refractivity contribution in [2.45, 2.75) is 78.1 Å². The average Bonchev–Trinajstić information content (AvgIpc) is 2.67. The Bertz CT molecular complexity index is 563. The highest BCUT2D eigenvalue weighted by Crippen LogP contribution is 2.34. The predicted molar refractivity (Wildman–Crippen MR) is 108 cm³/mol. The first-order valence-corrected chi connectivity index (χ1v) is 9.64. The molecule has 0 aliphatic heterocycles. The summed E-state index contributed by atoms with van der Waals surface area (Å²) in [4.78, 5) is 0. The van der Waals surface area contributed by atoms with Gasteiger partial charge in [-0.3, -0.25) is 0 Å². The van der Waals surface area contributed by atoms with Crippen molar-refractivity contribution >= 4 is 0 Å². The van der Waals surface area contributed by atoms with Crippen LogP contribution in [0.15, 0.2) is 48.5 Å². The summed E-state index contributed by atoms with van der Waals surface area (Å²) in [5, 5.41) is 0. The molecule has 0 amide bonds. The summed E-state index contributed by atoms with van der Waals surface area (Å²) < 4.78 is 0. The van der Waals surface area contributed by atoms with Gasteiger partial charge in [-0.2, -0.15) is 0 Å². The molecular weight excluding hydrogens is 288 g/mol. The Labute approximate surface area is 149 Å². The zero-order valence-electron chi connectivity index (χ0n) is 16.4. The smallest absolute Gasteiger partial charge is 0.00805 e. The van der Waals surface area contributed by atoms with Crippen molar-refractivity contribution in [2.24, 2.45) is 0 Å². The number of hydrogen-bond donors (Lipinski definition) is 0. The standard InChI is InChI=1S/C24H34/c1-7-23(5,8-2)21-15-11-19(12-16-21)20-13-17-22(18-14-20)24(6,9-3)10-4/h11-18H,7-10H2,1-6H3. The maximum atomic E-state index is 2.37. The van der Waals surface area contributed by atoms with Gasteiger partial charge in [0.05, 0.1) is 0 Å². The second-order valence-corrected chi connectivity index (χ2v) is 7.69. The van der Waals surface area contributed by atoms with Crippen LogP contribution in [0.5, 0.6) is 0 Å². The third-order valence-electron chi connectivity index (χ3n) is 6.62. The molecular formula is C24H34. The van der Waals surface area contributed by atoms with E-state index in [0.717, 1.165) is 0 Å². The highest BCUT2D eigenvalue weighted by molar-refractivity contribution is 5.64. The number of benzene rings is 2. The molecule has 0 aliphatic carbocycles. The SMILES string of the molecule is CCC(C)(CC)c1ccc(-c2ccc(C(C)(CC)CC)cc2)cc1. The summed E-state index contributed by atoms with van der Waals surface area (Å²) in [5.74, 6) is 0. The number of hydrogen-bond acceptors (Lipinski definition) is 0. The van der Waals surface area contributed by atoms with Gasteiger partial charge in [-0.25, -0.2) is 0 Å². The molecule has 0 aliphatic rings. The summed E-state index contributed by atoms with van der Waals surface area (Å²) in [6.45, 7) is 13.9. The molecule has 0 radical (unpaired) electrons. The summed E-state index contributed by atoms with van der Waals surface area (Å²) in [5.41, 5.74) is 6.14. The Balaban J connectivity index is 2.27. The molecule has 0 fully saturated rings. The second kappa shape index (κ2) is 7.55. The van der Waals surface area contributed by atoms with E-state index in [2.05, 4.69) is 90.1 Å². The summed E-state index contributed by atoms with van der Waals surface area (Å²) >= 11 is 0. The minimum absolute atomic E-state index is 0.298. The lowest BCUT2D eigenvalue weighted by Gasteiger charge is -2.28. The van der Waals surface area contributed by atoms with Gasteiger partial charge in [-0.1, -0.05) is 90.1 Å². The van der Waals surface area contributed by atoms with Crippen LogP contribution in [0.1, 0.15) is 78.4 Å². The van der Waals surface area contributed by atoms with Gasteiger partial charge in [0.15, 0.2) is 0 Å². The number of rotatable bonds is 7. The van der Waals surface area contributed by atoms with Gasteiger partial charge in [0.2, 0.25) is 0 Å². The Kier molecular flexibility index (Phi) is 5.91. The Hall–Kier alpha value is -1.56. The molecule has 24 heavy (non-hydrogen) atoms. The molecule has 0 aromatic heterocycles. The Morgan fingerprint density at radius 3 is 0.958 bits per heavy atom. The fraction of sp³-hybridized carbons (Fsp3) is 0.500. The van der Waals surface area contributed by atoms with Crippen molar-refractivity contribution in [3.8, 4) is 11.1 Å². The third-order valence-corrected chi connectivity index (χ3v) is 6.62. The Morgan fingerprint density at radius 2 is 0.750 bits per heavy atom. The van der Waals surface area contributed by atoms with Crippen LogP contribution in [0, 0.1) is 0 Å². The van der Waals surface area contributed by atoms with Crippen LogP contribution in [-0.4, -0.2) is 0 Å². The van der Waals surface area contributed by atoms with Gasteiger partial charge in [-0.05, 0) is 58.8 Å². The summed E-state index contributed by atoms with van der Waals surface area (Å²) in [6, 6.07) is 18.4. The lowest BCUT2D eigenvalue weighted by Crippen LogP contribution is -2.19. The van der Waals surface area contributed by atoms with Gasteiger partial charge >= 0.3 is 0 Å². The first-order valence-electron chi connectivity index (χ1n) is 9.64. The lowest BCUT2D eigenvalue weighted by atomic mass is 9.77. The van der Waals surface area contributed by atoms with Gasteiger partial charge < -0.3 is 0 Å². The molecule has 0 N–H and O–H groups in total. The van der Waals surface area contributed by atoms with Crippen LogP contribution in [0.25, 0.3) is 11.1 Å². The van der Waals surface area contributed by atoms with Crippen molar-refractivity contribution in [3.63, 3.8) is 0 Å². The zero-order chi connectivity index (χ0) is 17.8. The molecule has 0 nitrogen and oxygen atoms in total. The predicted octanol–water partition coefficient (Wildman–Crippen LogP) is 7.51. The van der Waals surface area contributed by atoms with Crippen molar-refractivity contribution in [3.05, 3.63) is 59.7 Å². The quantitative estimate of drug-likeness (QED) is 0.494. The van der Waals surface area contributed by atoms with Crippen molar-refractivity contribution in [2.75, 3.05) is 0 Å². The minimum Gasteiger partial charge on any atom is -0.0645 e. The van der Waals surface area contributed by atoms with E-state index in [1.807, 2.05) is 0 Å². The van der Waals surface area contributed by atoms with E-state index in [-0.39, 0.29) is 0 Å². The van der Waals surface area contributed by atoms with E-state index in [4.69, 9.17) is 0 Å². The molecule has 0 atom stereocenters. The van der Waals surface area contributed by atoms with E-state index in [1.54, 1.807) is 0 Å². The summed E-state index contributed by atoms with van der Waals surface area (Å²) in [7, 11) is 0. The van der Waals surface area contributed by atoms with Crippen LogP contribution in [0.4, 0.5) is 0 Å². The molecule has 2 aromatic rings. The molecule has 0 saturated heterocycles. The minimum atomic E-state index is 0.298. The highest BCUT2D eigenvalue weighted by atomic mass is 14.3. The van der Waals surface area contributed by atoms with E-state index in [9.17, 15) is 0 Å². The molecule has 0 saturated carbocycles. The maximum absolute atomic E-state index is 2.37. The normalized spacial score (nSPS) is 12.4. The van der Waals surface area contributed by atoms with E-state index in [1.165, 1.54) is 47.9 Å². The fourth-order valence-corrected chi connectivity index (χ4v) is 3.45. The Morgan fingerprint density at radius 1 is 0.500 bits per heavy atom. The van der Waals surface area contributed by atoms with E-state index >= 15 is 0 Å². The van der Waals surface area contributed by atoms with Crippen LogP contribution in [0.2, 0.25) is 0 Å². The first-order chi connectivity index (χ1) is 11.4. The van der Waals surface area contributed by atoms with Gasteiger partial charge in [0, 0.05) is 0 Å². The zero-order valence-corrected chi connectivity index (χ0v) is 16.4. The van der Waals surface area contributed by atoms with Crippen LogP contribution < -0.4 is 0 Å². The van der Waals surface area contributed by atoms with E-state index < -0.39 is 0 Å². The van der Waals surface area contributed by atoms with E-state index in [0.29, 0.717) is 10.8 Å².